The minimum Gasteiger partial charge on any atom is -0.462 e. The molecule has 1 unspecified atom stereocenters. The summed E-state index contributed by atoms with van der Waals surface area (Å²) >= 11 is 0. The lowest BCUT2D eigenvalue weighted by Crippen LogP contribution is -2.30. The predicted octanol–water partition coefficient (Wildman–Crippen LogP) is 21.8. The van der Waals surface area contributed by atoms with Gasteiger partial charge in [-0.2, -0.15) is 0 Å². The number of carbonyl (C=O) groups is 3. The van der Waals surface area contributed by atoms with Crippen LogP contribution in [-0.2, 0) is 28.6 Å². The van der Waals surface area contributed by atoms with Crippen molar-refractivity contribution in [1.29, 1.82) is 0 Å². The van der Waals surface area contributed by atoms with E-state index in [0.29, 0.717) is 19.3 Å². The molecular formula is C75H110O6. The monoisotopic (exact) mass is 1110 g/mol. The van der Waals surface area contributed by atoms with E-state index in [2.05, 4.69) is 240 Å². The maximum atomic E-state index is 12.9. The van der Waals surface area contributed by atoms with Crippen LogP contribution >= 0.6 is 0 Å². The third kappa shape index (κ3) is 64.4. The molecule has 0 radical (unpaired) electrons. The first-order chi connectivity index (χ1) is 40.0. The zero-order valence-corrected chi connectivity index (χ0v) is 50.9. The molecule has 0 aromatic rings. The van der Waals surface area contributed by atoms with Gasteiger partial charge in [0.2, 0.25) is 0 Å². The van der Waals surface area contributed by atoms with Crippen LogP contribution in [0.2, 0.25) is 0 Å². The molecule has 0 heterocycles. The molecule has 0 bridgehead atoms. The summed E-state index contributed by atoms with van der Waals surface area (Å²) in [5.41, 5.74) is 0. The molecule has 1 atom stereocenters. The molecule has 0 N–H and O–H groups in total. The lowest BCUT2D eigenvalue weighted by Gasteiger charge is -2.18. The smallest absolute Gasteiger partial charge is 0.306 e. The van der Waals surface area contributed by atoms with Gasteiger partial charge in [-0.25, -0.2) is 0 Å². The topological polar surface area (TPSA) is 78.9 Å². The second kappa shape index (κ2) is 66.2. The van der Waals surface area contributed by atoms with Crippen molar-refractivity contribution in [2.24, 2.45) is 0 Å². The second-order valence-corrected chi connectivity index (χ2v) is 19.5. The van der Waals surface area contributed by atoms with Crippen LogP contribution in [0.3, 0.4) is 0 Å². The number of rotatable bonds is 53. The van der Waals surface area contributed by atoms with Crippen molar-refractivity contribution in [1.82, 2.24) is 0 Å². The Kier molecular flexibility index (Phi) is 61.1. The van der Waals surface area contributed by atoms with Crippen LogP contribution in [0.5, 0.6) is 0 Å². The maximum Gasteiger partial charge on any atom is 0.306 e. The van der Waals surface area contributed by atoms with Gasteiger partial charge in [-0.05, 0) is 167 Å². The van der Waals surface area contributed by atoms with E-state index in [1.165, 1.54) is 0 Å². The molecule has 0 aromatic heterocycles. The number of esters is 3. The Morgan fingerprint density at radius 1 is 0.247 bits per heavy atom. The van der Waals surface area contributed by atoms with Gasteiger partial charge in [-0.3, -0.25) is 14.4 Å². The first kappa shape index (κ1) is 74.7. The minimum atomic E-state index is -0.853. The number of allylic oxidation sites excluding steroid dienone is 36. The average Bonchev–Trinajstić information content (AvgIpc) is 3.47. The highest BCUT2D eigenvalue weighted by Gasteiger charge is 2.19. The normalized spacial score (nSPS) is 13.7. The van der Waals surface area contributed by atoms with Crippen molar-refractivity contribution in [2.75, 3.05) is 13.2 Å². The van der Waals surface area contributed by atoms with E-state index in [9.17, 15) is 14.4 Å². The number of hydrogen-bond donors (Lipinski definition) is 0. The summed E-state index contributed by atoms with van der Waals surface area (Å²) in [6.45, 7) is 6.16. The summed E-state index contributed by atoms with van der Waals surface area (Å²) in [7, 11) is 0. The van der Waals surface area contributed by atoms with E-state index in [1.54, 1.807) is 0 Å². The van der Waals surface area contributed by atoms with Gasteiger partial charge in [0, 0.05) is 19.3 Å². The standard InChI is InChI=1S/C75H110O6/c1-4-7-10-13-16-19-22-25-28-30-32-33-34-35-36-37-38-39-40-41-43-44-47-50-53-56-59-62-65-68-74(77)80-71-72(70-79-73(76)67-64-61-58-55-52-49-46-27-24-21-18-15-12-9-6-3)81-75(78)69-66-63-60-57-54-51-48-45-42-31-29-26-23-20-17-14-11-8-5-2/h7-12,16-21,25-29,32-33,35-36,38-39,41-43,45-47,50-52,54-56,59,72H,4-6,13-15,22-24,30-31,34,37,40,44,48-49,53,57-58,60-71H2,1-3H3/b10-7-,11-8-,12-9-,19-16-,20-17-,21-18-,28-25-,29-26-,33-32-,36-35-,39-38-,43-41-,45-42-,46-27-,50-47-,54-51-,55-52-,59-56-. The first-order valence-electron chi connectivity index (χ1n) is 31.2. The van der Waals surface area contributed by atoms with Crippen LogP contribution in [0.4, 0.5) is 0 Å². The third-order valence-electron chi connectivity index (χ3n) is 12.0. The van der Waals surface area contributed by atoms with Crippen molar-refractivity contribution in [3.05, 3.63) is 219 Å². The van der Waals surface area contributed by atoms with Gasteiger partial charge < -0.3 is 14.2 Å². The molecule has 446 valence electrons. The Bertz CT molecular complexity index is 2050. The molecule has 0 saturated carbocycles. The van der Waals surface area contributed by atoms with Crippen molar-refractivity contribution in [3.63, 3.8) is 0 Å². The van der Waals surface area contributed by atoms with Gasteiger partial charge in [0.1, 0.15) is 13.2 Å². The first-order valence-corrected chi connectivity index (χ1v) is 31.2. The van der Waals surface area contributed by atoms with Crippen LogP contribution in [0.15, 0.2) is 219 Å². The van der Waals surface area contributed by atoms with Gasteiger partial charge in [0.05, 0.1) is 0 Å². The van der Waals surface area contributed by atoms with Gasteiger partial charge in [-0.15, -0.1) is 0 Å². The third-order valence-corrected chi connectivity index (χ3v) is 12.0. The molecule has 6 nitrogen and oxygen atoms in total. The number of unbranched alkanes of at least 4 members (excludes halogenated alkanes) is 6. The molecule has 0 amide bonds. The molecule has 0 aromatic carbocycles. The van der Waals surface area contributed by atoms with Gasteiger partial charge in [0.25, 0.3) is 0 Å². The van der Waals surface area contributed by atoms with Gasteiger partial charge >= 0.3 is 17.9 Å². The lowest BCUT2D eigenvalue weighted by atomic mass is 10.1. The highest BCUT2D eigenvalue weighted by molar-refractivity contribution is 5.71. The molecule has 0 spiro atoms. The Labute approximate surface area is 495 Å². The van der Waals surface area contributed by atoms with Crippen LogP contribution < -0.4 is 0 Å². The Hall–Kier alpha value is -6.27. The van der Waals surface area contributed by atoms with Crippen molar-refractivity contribution < 1.29 is 28.6 Å². The average molecular weight is 1110 g/mol. The molecule has 0 rings (SSSR count). The van der Waals surface area contributed by atoms with E-state index in [4.69, 9.17) is 14.2 Å². The largest absolute Gasteiger partial charge is 0.462 e. The van der Waals surface area contributed by atoms with Crippen molar-refractivity contribution in [2.45, 2.75) is 219 Å². The van der Waals surface area contributed by atoms with Crippen LogP contribution in [0, 0.1) is 0 Å². The minimum absolute atomic E-state index is 0.145. The van der Waals surface area contributed by atoms with E-state index < -0.39 is 6.10 Å². The fourth-order valence-corrected chi connectivity index (χ4v) is 7.40. The fraction of sp³-hybridized carbons (Fsp3) is 0.480. The summed E-state index contributed by atoms with van der Waals surface area (Å²) in [6.07, 6.45) is 104. The SMILES string of the molecule is CC/C=C\C/C=C\C/C=C\C/C=C\C/C=C\C/C=C\C/C=C\C/C=C\C/C=C\CCCC(=O)OCC(COC(=O)CCCC/C=C\C/C=C\C/C=C\C/C=C\CC)OC(=O)CCCCC/C=C\C/C=C\C/C=C\C/C=C\C/C=C\CC. The molecule has 0 saturated heterocycles. The summed E-state index contributed by atoms with van der Waals surface area (Å²) in [5.74, 6) is -1.09. The zero-order chi connectivity index (χ0) is 58.5. The van der Waals surface area contributed by atoms with Crippen molar-refractivity contribution >= 4 is 17.9 Å². The molecule has 0 aliphatic carbocycles. The molecule has 81 heavy (non-hydrogen) atoms. The van der Waals surface area contributed by atoms with Crippen LogP contribution in [-0.4, -0.2) is 37.2 Å². The van der Waals surface area contributed by atoms with Gasteiger partial charge in [-0.1, -0.05) is 246 Å². The zero-order valence-electron chi connectivity index (χ0n) is 50.9. The van der Waals surface area contributed by atoms with Crippen molar-refractivity contribution in [3.8, 4) is 0 Å². The van der Waals surface area contributed by atoms with E-state index >= 15 is 0 Å². The molecule has 0 aliphatic rings. The van der Waals surface area contributed by atoms with E-state index in [1.807, 2.05) is 0 Å². The van der Waals surface area contributed by atoms with E-state index in [0.717, 1.165) is 154 Å². The van der Waals surface area contributed by atoms with E-state index in [-0.39, 0.29) is 50.4 Å². The second-order valence-electron chi connectivity index (χ2n) is 19.5. The number of carbonyl (C=O) groups excluding carboxylic acids is 3. The summed E-state index contributed by atoms with van der Waals surface area (Å²) < 4.78 is 16.8. The van der Waals surface area contributed by atoms with Gasteiger partial charge in [0.15, 0.2) is 6.10 Å². The molecular weight excluding hydrogens is 997 g/mol. The highest BCUT2D eigenvalue weighted by atomic mass is 16.6. The fourth-order valence-electron chi connectivity index (χ4n) is 7.40. The number of hydrogen-bond acceptors (Lipinski definition) is 6. The lowest BCUT2D eigenvalue weighted by molar-refractivity contribution is -0.167. The summed E-state index contributed by atoms with van der Waals surface area (Å²) in [4.78, 5) is 38.3. The summed E-state index contributed by atoms with van der Waals surface area (Å²) in [5, 5.41) is 0. The Morgan fingerprint density at radius 2 is 0.457 bits per heavy atom. The predicted molar refractivity (Wildman–Crippen MR) is 352 cm³/mol. The van der Waals surface area contributed by atoms with Crippen LogP contribution in [0.25, 0.3) is 0 Å². The highest BCUT2D eigenvalue weighted by Crippen LogP contribution is 2.11. The maximum absolute atomic E-state index is 12.9. The Morgan fingerprint density at radius 3 is 0.741 bits per heavy atom. The molecule has 0 aliphatic heterocycles. The summed E-state index contributed by atoms with van der Waals surface area (Å²) in [6, 6.07) is 0. The Balaban J connectivity index is 4.60. The molecule has 0 fully saturated rings. The van der Waals surface area contributed by atoms with Crippen LogP contribution in [0.1, 0.15) is 213 Å². The quantitative estimate of drug-likeness (QED) is 0.0261. The number of ether oxygens (including phenoxy) is 3. The molecule has 6 heteroatoms.